The predicted molar refractivity (Wildman–Crippen MR) is 148 cm³/mol. The van der Waals surface area contributed by atoms with Crippen LogP contribution in [0.3, 0.4) is 0 Å². The summed E-state index contributed by atoms with van der Waals surface area (Å²) in [5, 5.41) is 10.9. The Kier molecular flexibility index (Phi) is 27.8. The number of aliphatic carboxylic acids is 1. The molecular formula is C27H51NO14. The van der Waals surface area contributed by atoms with Crippen molar-refractivity contribution in [2.24, 2.45) is 0 Å². The fourth-order valence-electron chi connectivity index (χ4n) is 2.73. The maximum absolute atomic E-state index is 11.5. The third-order valence-electron chi connectivity index (χ3n) is 4.50. The van der Waals surface area contributed by atoms with E-state index in [1.807, 2.05) is 20.8 Å². The molecule has 0 aromatic heterocycles. The van der Waals surface area contributed by atoms with Gasteiger partial charge in [-0.2, -0.15) is 0 Å². The lowest BCUT2D eigenvalue weighted by Gasteiger charge is -2.19. The fourth-order valence-corrected chi connectivity index (χ4v) is 2.73. The number of hydrogen-bond donors (Lipinski definition) is 2. The second kappa shape index (κ2) is 29.1. The fraction of sp³-hybridized carbons (Fsp3) is 0.889. The van der Waals surface area contributed by atoms with Gasteiger partial charge in [-0.3, -0.25) is 9.59 Å². The summed E-state index contributed by atoms with van der Waals surface area (Å²) < 4.78 is 53.0. The summed E-state index contributed by atoms with van der Waals surface area (Å²) >= 11 is 0. The monoisotopic (exact) mass is 613 g/mol. The van der Waals surface area contributed by atoms with E-state index in [1.165, 1.54) is 0 Å². The number of nitrogens with one attached hydrogen (secondary N) is 1. The molecule has 0 aliphatic heterocycles. The number of ether oxygens (including phenoxy) is 10. The van der Waals surface area contributed by atoms with Gasteiger partial charge in [-0.15, -0.1) is 0 Å². The Morgan fingerprint density at radius 2 is 0.881 bits per heavy atom. The summed E-state index contributed by atoms with van der Waals surface area (Å²) in [6, 6.07) is 0. The second-order valence-electron chi connectivity index (χ2n) is 9.47. The van der Waals surface area contributed by atoms with Crippen LogP contribution in [0.25, 0.3) is 0 Å². The number of amides is 1. The van der Waals surface area contributed by atoms with Crippen LogP contribution in [0.15, 0.2) is 0 Å². The van der Waals surface area contributed by atoms with Gasteiger partial charge in [0, 0.05) is 6.54 Å². The van der Waals surface area contributed by atoms with E-state index < -0.39 is 24.1 Å². The summed E-state index contributed by atoms with van der Waals surface area (Å²) in [6.07, 6.45) is 0.222. The first-order valence-electron chi connectivity index (χ1n) is 14.1. The van der Waals surface area contributed by atoms with E-state index in [0.29, 0.717) is 112 Å². The van der Waals surface area contributed by atoms with Gasteiger partial charge in [0.2, 0.25) is 5.91 Å². The molecule has 15 heteroatoms. The number of carboxylic acid groups (broad SMARTS) is 1. The zero-order valence-corrected chi connectivity index (χ0v) is 25.4. The zero-order chi connectivity index (χ0) is 31.2. The average molecular weight is 614 g/mol. The maximum atomic E-state index is 11.5. The molecule has 0 saturated heterocycles. The molecule has 2 N–H and O–H groups in total. The molecule has 0 bridgehead atoms. The van der Waals surface area contributed by atoms with E-state index in [9.17, 15) is 14.4 Å². The van der Waals surface area contributed by atoms with Crippen LogP contribution in [0.5, 0.6) is 0 Å². The highest BCUT2D eigenvalue weighted by Crippen LogP contribution is 2.08. The molecule has 0 aromatic rings. The Labute approximate surface area is 248 Å². The van der Waals surface area contributed by atoms with Crippen LogP contribution in [0.2, 0.25) is 0 Å². The minimum absolute atomic E-state index is 0.222. The number of hydrogen-bond acceptors (Lipinski definition) is 13. The van der Waals surface area contributed by atoms with E-state index in [0.717, 1.165) is 0 Å². The first kappa shape index (κ1) is 40.1. The topological polar surface area (TPSA) is 176 Å². The molecule has 0 unspecified atom stereocenters. The van der Waals surface area contributed by atoms with Gasteiger partial charge in [-0.05, 0) is 20.8 Å². The van der Waals surface area contributed by atoms with E-state index in [4.69, 9.17) is 47.7 Å². The van der Waals surface area contributed by atoms with Crippen molar-refractivity contribution in [2.45, 2.75) is 32.8 Å². The molecule has 248 valence electrons. The van der Waals surface area contributed by atoms with Crippen LogP contribution in [0, 0.1) is 0 Å². The Hall–Kier alpha value is -1.95. The molecule has 15 nitrogen and oxygen atoms in total. The average Bonchev–Trinajstić information content (AvgIpc) is 2.91. The summed E-state index contributed by atoms with van der Waals surface area (Å²) in [4.78, 5) is 33.1. The van der Waals surface area contributed by atoms with Gasteiger partial charge < -0.3 is 57.8 Å². The Balaban J connectivity index is 3.15. The molecule has 0 fully saturated rings. The van der Waals surface area contributed by atoms with Crippen molar-refractivity contribution in [2.75, 3.05) is 125 Å². The first-order chi connectivity index (χ1) is 20.2. The van der Waals surface area contributed by atoms with E-state index in [2.05, 4.69) is 10.1 Å². The van der Waals surface area contributed by atoms with Crippen molar-refractivity contribution < 1.29 is 66.9 Å². The number of carboxylic acids is 1. The second-order valence-corrected chi connectivity index (χ2v) is 9.47. The van der Waals surface area contributed by atoms with Gasteiger partial charge in [-0.1, -0.05) is 0 Å². The van der Waals surface area contributed by atoms with E-state index in [-0.39, 0.29) is 19.0 Å². The first-order valence-corrected chi connectivity index (χ1v) is 14.1. The number of carbonyl (C=O) groups is 3. The molecule has 0 heterocycles. The van der Waals surface area contributed by atoms with Crippen LogP contribution in [0.4, 0.5) is 0 Å². The van der Waals surface area contributed by atoms with Gasteiger partial charge in [0.05, 0.1) is 112 Å². The molecule has 0 atom stereocenters. The Morgan fingerprint density at radius 1 is 0.524 bits per heavy atom. The predicted octanol–water partition coefficient (Wildman–Crippen LogP) is 0.0684. The highest BCUT2D eigenvalue weighted by molar-refractivity contribution is 5.77. The third-order valence-corrected chi connectivity index (χ3v) is 4.50. The van der Waals surface area contributed by atoms with Crippen molar-refractivity contribution in [3.63, 3.8) is 0 Å². The van der Waals surface area contributed by atoms with E-state index >= 15 is 0 Å². The van der Waals surface area contributed by atoms with Gasteiger partial charge >= 0.3 is 11.9 Å². The highest BCUT2D eigenvalue weighted by atomic mass is 16.6. The van der Waals surface area contributed by atoms with E-state index in [1.54, 1.807) is 0 Å². The van der Waals surface area contributed by atoms with Crippen LogP contribution < -0.4 is 5.32 Å². The molecular weight excluding hydrogens is 562 g/mol. The van der Waals surface area contributed by atoms with Gasteiger partial charge in [0.25, 0.3) is 0 Å². The number of carbonyl (C=O) groups excluding carboxylic acids is 2. The lowest BCUT2D eigenvalue weighted by Crippen LogP contribution is -2.31. The van der Waals surface area contributed by atoms with Crippen LogP contribution in [-0.4, -0.2) is 154 Å². The van der Waals surface area contributed by atoms with Crippen molar-refractivity contribution in [3.8, 4) is 0 Å². The molecule has 0 aliphatic carbocycles. The zero-order valence-electron chi connectivity index (χ0n) is 25.4. The molecule has 1 amide bonds. The Morgan fingerprint density at radius 3 is 1.24 bits per heavy atom. The van der Waals surface area contributed by atoms with Crippen molar-refractivity contribution in [1.29, 1.82) is 0 Å². The van der Waals surface area contributed by atoms with Crippen LogP contribution >= 0.6 is 0 Å². The van der Waals surface area contributed by atoms with Gasteiger partial charge in [0.1, 0.15) is 18.8 Å². The normalized spacial score (nSPS) is 11.5. The van der Waals surface area contributed by atoms with Gasteiger partial charge in [0.15, 0.2) is 0 Å². The number of esters is 1. The summed E-state index contributed by atoms with van der Waals surface area (Å²) in [5.74, 6) is -1.80. The summed E-state index contributed by atoms with van der Waals surface area (Å²) in [7, 11) is 0. The smallest absolute Gasteiger partial charge is 0.329 e. The lowest BCUT2D eigenvalue weighted by molar-refractivity contribution is -0.156. The van der Waals surface area contributed by atoms with Crippen LogP contribution in [-0.2, 0) is 61.8 Å². The summed E-state index contributed by atoms with van der Waals surface area (Å²) in [6.45, 7) is 11.7. The largest absolute Gasteiger partial charge is 0.480 e. The molecule has 0 aliphatic rings. The minimum atomic E-state index is -1.13. The van der Waals surface area contributed by atoms with Crippen LogP contribution in [0.1, 0.15) is 27.2 Å². The van der Waals surface area contributed by atoms with Crippen molar-refractivity contribution in [1.82, 2.24) is 5.32 Å². The summed E-state index contributed by atoms with van der Waals surface area (Å²) in [5.41, 5.74) is -0.482. The molecule has 0 spiro atoms. The molecule has 0 saturated carbocycles. The minimum Gasteiger partial charge on any atom is -0.480 e. The SMILES string of the molecule is CC(C)(C)OC(=O)CCOCCOCCOCCOCCOCCOCCOCCOCCNC(=O)COCC(=O)O. The number of rotatable bonds is 31. The molecule has 0 rings (SSSR count). The maximum Gasteiger partial charge on any atom is 0.329 e. The van der Waals surface area contributed by atoms with Crippen molar-refractivity contribution in [3.05, 3.63) is 0 Å². The lowest BCUT2D eigenvalue weighted by atomic mass is 10.2. The van der Waals surface area contributed by atoms with Crippen molar-refractivity contribution >= 4 is 17.8 Å². The van der Waals surface area contributed by atoms with Gasteiger partial charge in [-0.25, -0.2) is 4.79 Å². The quantitative estimate of drug-likeness (QED) is 0.0793. The highest BCUT2D eigenvalue weighted by Gasteiger charge is 2.15. The molecule has 42 heavy (non-hydrogen) atoms. The molecule has 0 radical (unpaired) electrons. The standard InChI is InChI=1S/C27H51NO14/c1-27(2,3)42-26(32)4-6-33-8-10-35-12-14-37-16-18-39-20-21-40-19-17-38-15-13-36-11-9-34-7-5-28-24(29)22-41-23-25(30)31/h4-23H2,1-3H3,(H,28,29)(H,30,31). The Bertz CT molecular complexity index is 659. The third kappa shape index (κ3) is 34.3. The molecule has 0 aromatic carbocycles.